The van der Waals surface area contributed by atoms with Crippen molar-refractivity contribution in [3.63, 3.8) is 0 Å². The zero-order valence-electron chi connectivity index (χ0n) is 13.8. The van der Waals surface area contributed by atoms with Crippen molar-refractivity contribution in [2.45, 2.75) is 20.3 Å². The van der Waals surface area contributed by atoms with Crippen LogP contribution in [0.4, 0.5) is 0 Å². The van der Waals surface area contributed by atoms with E-state index in [2.05, 4.69) is 22.8 Å². The minimum absolute atomic E-state index is 0.351. The van der Waals surface area contributed by atoms with E-state index in [-0.39, 0.29) is 11.8 Å². The van der Waals surface area contributed by atoms with Gasteiger partial charge in [0.1, 0.15) is 9.88 Å². The Kier molecular flexibility index (Phi) is 5.25. The average molecular weight is 371 g/mol. The summed E-state index contributed by atoms with van der Waals surface area (Å²) in [4.78, 5) is 29.4. The molecule has 0 aliphatic rings. The minimum Gasteiger partial charge on any atom is -0.267 e. The van der Waals surface area contributed by atoms with E-state index in [0.717, 1.165) is 22.6 Å². The highest BCUT2D eigenvalue weighted by Gasteiger charge is 2.17. The first-order valence-corrected chi connectivity index (χ1v) is 9.54. The summed E-state index contributed by atoms with van der Waals surface area (Å²) < 4.78 is 0. The summed E-state index contributed by atoms with van der Waals surface area (Å²) in [6.45, 7) is 3.84. The normalized spacial score (nSPS) is 10.5. The van der Waals surface area contributed by atoms with Crippen LogP contribution in [-0.2, 0) is 6.42 Å². The summed E-state index contributed by atoms with van der Waals surface area (Å²) in [6.07, 6.45) is 0.912. The molecule has 128 valence electrons. The molecule has 2 amide bonds. The monoisotopic (exact) mass is 371 g/mol. The third-order valence-corrected chi connectivity index (χ3v) is 5.57. The van der Waals surface area contributed by atoms with Gasteiger partial charge in [-0.25, -0.2) is 4.98 Å². The lowest BCUT2D eigenvalue weighted by Crippen LogP contribution is -2.41. The van der Waals surface area contributed by atoms with Gasteiger partial charge in [0.15, 0.2) is 0 Å². The third kappa shape index (κ3) is 3.94. The standard InChI is InChI=1S/C18H17N3O2S2/c1-3-12-4-6-13(7-5-12)16(22)20-21-17(23)15-11(2)19-18(25-15)14-8-9-24-10-14/h4-10H,3H2,1-2H3,(H,20,22)(H,21,23). The molecule has 0 bridgehead atoms. The van der Waals surface area contributed by atoms with Crippen molar-refractivity contribution < 1.29 is 9.59 Å². The molecular formula is C18H17N3O2S2. The Morgan fingerprint density at radius 3 is 2.44 bits per heavy atom. The molecule has 5 nitrogen and oxygen atoms in total. The quantitative estimate of drug-likeness (QED) is 0.685. The summed E-state index contributed by atoms with van der Waals surface area (Å²) in [5, 5.41) is 4.75. The SMILES string of the molecule is CCc1ccc(C(=O)NNC(=O)c2sc(-c3ccsc3)nc2C)cc1. The zero-order chi connectivity index (χ0) is 17.8. The fraction of sp³-hybridized carbons (Fsp3) is 0.167. The molecule has 3 aromatic rings. The number of hydrogen-bond acceptors (Lipinski definition) is 5. The number of rotatable bonds is 4. The number of amides is 2. The maximum Gasteiger partial charge on any atom is 0.281 e. The molecule has 25 heavy (non-hydrogen) atoms. The van der Waals surface area contributed by atoms with Crippen molar-refractivity contribution in [1.82, 2.24) is 15.8 Å². The van der Waals surface area contributed by atoms with Crippen LogP contribution in [0.3, 0.4) is 0 Å². The zero-order valence-corrected chi connectivity index (χ0v) is 15.5. The van der Waals surface area contributed by atoms with Gasteiger partial charge in [-0.1, -0.05) is 19.1 Å². The average Bonchev–Trinajstić information content (AvgIpc) is 3.29. The Morgan fingerprint density at radius 1 is 1.08 bits per heavy atom. The molecule has 2 aromatic heterocycles. The second kappa shape index (κ2) is 7.58. The van der Waals surface area contributed by atoms with E-state index in [0.29, 0.717) is 16.1 Å². The van der Waals surface area contributed by atoms with Crippen molar-refractivity contribution in [2.24, 2.45) is 0 Å². The molecule has 7 heteroatoms. The lowest BCUT2D eigenvalue weighted by molar-refractivity contribution is 0.0848. The maximum absolute atomic E-state index is 12.3. The Morgan fingerprint density at radius 2 is 1.80 bits per heavy atom. The molecule has 0 saturated carbocycles. The Bertz CT molecular complexity index is 884. The van der Waals surface area contributed by atoms with Gasteiger partial charge < -0.3 is 0 Å². The van der Waals surface area contributed by atoms with E-state index < -0.39 is 0 Å². The number of benzene rings is 1. The third-order valence-electron chi connectivity index (χ3n) is 3.68. The van der Waals surface area contributed by atoms with E-state index in [1.165, 1.54) is 11.3 Å². The topological polar surface area (TPSA) is 71.1 Å². The fourth-order valence-electron chi connectivity index (χ4n) is 2.25. The van der Waals surface area contributed by atoms with Gasteiger partial charge >= 0.3 is 0 Å². The molecule has 0 saturated heterocycles. The van der Waals surface area contributed by atoms with Gasteiger partial charge in [-0.2, -0.15) is 11.3 Å². The van der Waals surface area contributed by atoms with Gasteiger partial charge in [0.2, 0.25) is 0 Å². The lowest BCUT2D eigenvalue weighted by Gasteiger charge is -2.07. The number of carbonyl (C=O) groups excluding carboxylic acids is 2. The highest BCUT2D eigenvalue weighted by atomic mass is 32.1. The van der Waals surface area contributed by atoms with E-state index in [1.54, 1.807) is 30.4 Å². The van der Waals surface area contributed by atoms with Gasteiger partial charge in [0.05, 0.1) is 5.69 Å². The first kappa shape index (κ1) is 17.3. The minimum atomic E-state index is -0.366. The van der Waals surface area contributed by atoms with E-state index >= 15 is 0 Å². The molecule has 0 atom stereocenters. The molecule has 2 heterocycles. The fourth-order valence-corrected chi connectivity index (χ4v) is 3.92. The number of thiophene rings is 1. The molecule has 0 aliphatic heterocycles. The van der Waals surface area contributed by atoms with E-state index in [9.17, 15) is 9.59 Å². The van der Waals surface area contributed by atoms with Gasteiger partial charge in [0.25, 0.3) is 11.8 Å². The Hall–Kier alpha value is -2.51. The predicted octanol–water partition coefficient (Wildman–Crippen LogP) is 3.82. The molecular weight excluding hydrogens is 354 g/mol. The van der Waals surface area contributed by atoms with Crippen molar-refractivity contribution in [1.29, 1.82) is 0 Å². The Balaban J connectivity index is 1.65. The molecule has 3 rings (SSSR count). The second-order valence-electron chi connectivity index (χ2n) is 5.40. The summed E-state index contributed by atoms with van der Waals surface area (Å²) in [6, 6.07) is 9.25. The number of nitrogens with zero attached hydrogens (tertiary/aromatic N) is 1. The van der Waals surface area contributed by atoms with Crippen LogP contribution in [0.15, 0.2) is 41.1 Å². The van der Waals surface area contributed by atoms with Crippen LogP contribution in [0.1, 0.15) is 38.2 Å². The summed E-state index contributed by atoms with van der Waals surface area (Å²) in [5.74, 6) is -0.716. The number of thiazole rings is 1. The molecule has 1 aromatic carbocycles. The molecule has 0 radical (unpaired) electrons. The number of hydrogen-bond donors (Lipinski definition) is 2. The number of hydrazine groups is 1. The van der Waals surface area contributed by atoms with Crippen molar-refractivity contribution in [3.8, 4) is 10.6 Å². The molecule has 0 aliphatic carbocycles. The molecule has 0 fully saturated rings. The Labute approximate surface area is 153 Å². The van der Waals surface area contributed by atoms with Crippen molar-refractivity contribution in [2.75, 3.05) is 0 Å². The van der Waals surface area contributed by atoms with Crippen LogP contribution in [0.5, 0.6) is 0 Å². The first-order valence-electron chi connectivity index (χ1n) is 7.78. The molecule has 0 unspecified atom stereocenters. The van der Waals surface area contributed by atoms with Gasteiger partial charge in [-0.05, 0) is 42.5 Å². The highest BCUT2D eigenvalue weighted by Crippen LogP contribution is 2.29. The number of carbonyl (C=O) groups is 2. The van der Waals surface area contributed by atoms with Crippen LogP contribution < -0.4 is 10.9 Å². The van der Waals surface area contributed by atoms with Crippen molar-refractivity contribution in [3.05, 3.63) is 62.8 Å². The molecule has 2 N–H and O–H groups in total. The van der Waals surface area contributed by atoms with E-state index in [4.69, 9.17) is 0 Å². The summed E-state index contributed by atoms with van der Waals surface area (Å²) in [7, 11) is 0. The van der Waals surface area contributed by atoms with Crippen LogP contribution in [0.25, 0.3) is 10.6 Å². The van der Waals surface area contributed by atoms with Crippen LogP contribution in [0, 0.1) is 6.92 Å². The van der Waals surface area contributed by atoms with Crippen LogP contribution in [-0.4, -0.2) is 16.8 Å². The largest absolute Gasteiger partial charge is 0.281 e. The van der Waals surface area contributed by atoms with E-state index in [1.807, 2.05) is 29.0 Å². The van der Waals surface area contributed by atoms with Gasteiger partial charge in [-0.3, -0.25) is 20.4 Å². The second-order valence-corrected chi connectivity index (χ2v) is 7.18. The number of nitrogens with one attached hydrogen (secondary N) is 2. The molecule has 0 spiro atoms. The smallest absolute Gasteiger partial charge is 0.267 e. The maximum atomic E-state index is 12.3. The van der Waals surface area contributed by atoms with Gasteiger partial charge in [0, 0.05) is 16.5 Å². The van der Waals surface area contributed by atoms with Crippen molar-refractivity contribution >= 4 is 34.5 Å². The van der Waals surface area contributed by atoms with Gasteiger partial charge in [-0.15, -0.1) is 11.3 Å². The number of aryl methyl sites for hydroxylation is 2. The first-order chi connectivity index (χ1) is 12.1. The predicted molar refractivity (Wildman–Crippen MR) is 101 cm³/mol. The van der Waals surface area contributed by atoms with Crippen LogP contribution >= 0.6 is 22.7 Å². The lowest BCUT2D eigenvalue weighted by atomic mass is 10.1. The highest BCUT2D eigenvalue weighted by molar-refractivity contribution is 7.17. The number of aromatic nitrogens is 1. The summed E-state index contributed by atoms with van der Waals surface area (Å²) in [5.41, 5.74) is 8.20. The summed E-state index contributed by atoms with van der Waals surface area (Å²) >= 11 is 2.89. The van der Waals surface area contributed by atoms with Crippen LogP contribution in [0.2, 0.25) is 0 Å².